The maximum Gasteiger partial charge on any atom is 0.191 e. The van der Waals surface area contributed by atoms with Crippen LogP contribution >= 0.6 is 0 Å². The van der Waals surface area contributed by atoms with E-state index in [0.29, 0.717) is 0 Å². The molecule has 1 aromatic rings. The number of nitrogens with zero attached hydrogens (tertiary/aromatic N) is 1. The van der Waals surface area contributed by atoms with E-state index in [1.165, 1.54) is 5.56 Å². The molecule has 1 aliphatic rings. The van der Waals surface area contributed by atoms with Gasteiger partial charge in [-0.05, 0) is 19.9 Å². The maximum atomic E-state index is 5.46. The third kappa shape index (κ3) is 3.91. The number of aliphatic imine (C=N–C) groups is 1. The highest BCUT2D eigenvalue weighted by Crippen LogP contribution is 2.27. The van der Waals surface area contributed by atoms with Gasteiger partial charge in [0.2, 0.25) is 0 Å². The molecule has 1 aromatic carbocycles. The van der Waals surface area contributed by atoms with Crippen LogP contribution in [0.1, 0.15) is 31.0 Å². The summed E-state index contributed by atoms with van der Waals surface area (Å²) in [6.07, 6.45) is 0. The number of guanidine groups is 1. The van der Waals surface area contributed by atoms with Crippen molar-refractivity contribution in [2.24, 2.45) is 10.4 Å². The first-order valence-electron chi connectivity index (χ1n) is 7.67. The number of benzene rings is 1. The molecule has 122 valence electrons. The summed E-state index contributed by atoms with van der Waals surface area (Å²) in [7, 11) is 3.49. The molecule has 0 spiro atoms. The molecule has 1 aliphatic heterocycles. The van der Waals surface area contributed by atoms with Crippen LogP contribution in [0.2, 0.25) is 0 Å². The zero-order chi connectivity index (χ0) is 16.2. The molecular weight excluding hydrogens is 278 g/mol. The highest BCUT2D eigenvalue weighted by molar-refractivity contribution is 5.80. The van der Waals surface area contributed by atoms with E-state index >= 15 is 0 Å². The maximum absolute atomic E-state index is 5.46. The van der Waals surface area contributed by atoms with Crippen LogP contribution in [0, 0.1) is 12.3 Å². The van der Waals surface area contributed by atoms with E-state index in [1.807, 2.05) is 6.07 Å². The largest absolute Gasteiger partial charge is 0.496 e. The van der Waals surface area contributed by atoms with Gasteiger partial charge < -0.3 is 20.1 Å². The second kappa shape index (κ2) is 7.01. The quantitative estimate of drug-likeness (QED) is 0.647. The van der Waals surface area contributed by atoms with Crippen molar-refractivity contribution in [3.05, 3.63) is 29.3 Å². The van der Waals surface area contributed by atoms with Crippen molar-refractivity contribution >= 4 is 5.96 Å². The molecule has 0 aromatic heterocycles. The predicted molar refractivity (Wildman–Crippen MR) is 89.6 cm³/mol. The van der Waals surface area contributed by atoms with Crippen LogP contribution in [0.4, 0.5) is 0 Å². The lowest BCUT2D eigenvalue weighted by molar-refractivity contribution is -0.0971. The van der Waals surface area contributed by atoms with E-state index in [1.54, 1.807) is 14.2 Å². The Hall–Kier alpha value is -1.75. The predicted octanol–water partition coefficient (Wildman–Crippen LogP) is 2.27. The molecule has 0 radical (unpaired) electrons. The summed E-state index contributed by atoms with van der Waals surface area (Å²) in [5.41, 5.74) is 2.55. The Morgan fingerprint density at radius 3 is 2.73 bits per heavy atom. The fraction of sp³-hybridized carbons (Fsp3) is 0.588. The molecule has 1 heterocycles. The normalized spacial score (nSPS) is 18.3. The fourth-order valence-corrected chi connectivity index (χ4v) is 2.52. The molecule has 1 fully saturated rings. The standard InChI is InChI=1S/C17H27N3O2/c1-12-6-7-15(21-5)14(8-12)13(2)20-16(18-4)19-9-17(3)10-22-11-17/h6-8,13H,9-11H2,1-5H3,(H2,18,19,20). The van der Waals surface area contributed by atoms with Gasteiger partial charge in [-0.25, -0.2) is 0 Å². The van der Waals surface area contributed by atoms with Gasteiger partial charge in [-0.3, -0.25) is 4.99 Å². The summed E-state index contributed by atoms with van der Waals surface area (Å²) in [6, 6.07) is 6.31. The van der Waals surface area contributed by atoms with Gasteiger partial charge in [0.25, 0.3) is 0 Å². The van der Waals surface area contributed by atoms with Crippen molar-refractivity contribution in [3.63, 3.8) is 0 Å². The van der Waals surface area contributed by atoms with Gasteiger partial charge in [-0.2, -0.15) is 0 Å². The molecule has 1 saturated heterocycles. The van der Waals surface area contributed by atoms with E-state index in [-0.39, 0.29) is 11.5 Å². The molecule has 2 N–H and O–H groups in total. The Bertz CT molecular complexity index is 539. The van der Waals surface area contributed by atoms with Crippen LogP contribution in [0.25, 0.3) is 0 Å². The topological polar surface area (TPSA) is 54.9 Å². The van der Waals surface area contributed by atoms with Crippen molar-refractivity contribution in [3.8, 4) is 5.75 Å². The average molecular weight is 305 g/mol. The van der Waals surface area contributed by atoms with Gasteiger partial charge in [-0.1, -0.05) is 24.6 Å². The Kier molecular flexibility index (Phi) is 5.29. The van der Waals surface area contributed by atoms with Crippen LogP contribution < -0.4 is 15.4 Å². The second-order valence-corrected chi connectivity index (χ2v) is 6.34. The minimum Gasteiger partial charge on any atom is -0.496 e. The lowest BCUT2D eigenvalue weighted by atomic mass is 9.89. The number of nitrogens with one attached hydrogen (secondary N) is 2. The molecule has 22 heavy (non-hydrogen) atoms. The van der Waals surface area contributed by atoms with Gasteiger partial charge in [0, 0.05) is 24.6 Å². The third-order valence-electron chi connectivity index (χ3n) is 4.01. The van der Waals surface area contributed by atoms with E-state index in [4.69, 9.17) is 9.47 Å². The zero-order valence-corrected chi connectivity index (χ0v) is 14.2. The van der Waals surface area contributed by atoms with Gasteiger partial charge in [0.1, 0.15) is 5.75 Å². The molecule has 5 heteroatoms. The number of methoxy groups -OCH3 is 1. The summed E-state index contributed by atoms with van der Waals surface area (Å²) in [4.78, 5) is 4.31. The highest BCUT2D eigenvalue weighted by Gasteiger charge is 2.33. The number of rotatable bonds is 5. The SMILES string of the molecule is CN=C(NCC1(C)COC1)NC(C)c1cc(C)ccc1OC. The van der Waals surface area contributed by atoms with Crippen molar-refractivity contribution in [2.45, 2.75) is 26.8 Å². The monoisotopic (exact) mass is 305 g/mol. The minimum atomic E-state index is 0.103. The molecule has 0 amide bonds. The first-order valence-corrected chi connectivity index (χ1v) is 7.67. The Balaban J connectivity index is 2.00. The van der Waals surface area contributed by atoms with Crippen molar-refractivity contribution < 1.29 is 9.47 Å². The van der Waals surface area contributed by atoms with E-state index < -0.39 is 0 Å². The lowest BCUT2D eigenvalue weighted by Gasteiger charge is -2.38. The van der Waals surface area contributed by atoms with Gasteiger partial charge >= 0.3 is 0 Å². The Labute approximate surface area is 133 Å². The molecule has 1 atom stereocenters. The number of hydrogen-bond donors (Lipinski definition) is 2. The molecule has 0 bridgehead atoms. The summed E-state index contributed by atoms with van der Waals surface area (Å²) < 4.78 is 10.7. The third-order valence-corrected chi connectivity index (χ3v) is 4.01. The van der Waals surface area contributed by atoms with E-state index in [9.17, 15) is 0 Å². The number of hydrogen-bond acceptors (Lipinski definition) is 3. The first-order chi connectivity index (χ1) is 10.5. The van der Waals surface area contributed by atoms with E-state index in [2.05, 4.69) is 48.5 Å². The molecular formula is C17H27N3O2. The molecule has 1 unspecified atom stereocenters. The van der Waals surface area contributed by atoms with Crippen LogP contribution in [0.15, 0.2) is 23.2 Å². The van der Waals surface area contributed by atoms with Crippen LogP contribution in [-0.4, -0.2) is 39.9 Å². The van der Waals surface area contributed by atoms with Gasteiger partial charge in [0.15, 0.2) is 5.96 Å². The molecule has 0 saturated carbocycles. The molecule has 0 aliphatic carbocycles. The Morgan fingerprint density at radius 2 is 2.18 bits per heavy atom. The second-order valence-electron chi connectivity index (χ2n) is 6.34. The van der Waals surface area contributed by atoms with Crippen molar-refractivity contribution in [2.75, 3.05) is 33.9 Å². The Morgan fingerprint density at radius 1 is 1.45 bits per heavy atom. The minimum absolute atomic E-state index is 0.103. The fourth-order valence-electron chi connectivity index (χ4n) is 2.52. The summed E-state index contributed by atoms with van der Waals surface area (Å²) in [5.74, 6) is 1.68. The first kappa shape index (κ1) is 16.6. The van der Waals surface area contributed by atoms with Crippen LogP contribution in [0.3, 0.4) is 0 Å². The zero-order valence-electron chi connectivity index (χ0n) is 14.2. The lowest BCUT2D eigenvalue weighted by Crippen LogP contribution is -2.51. The summed E-state index contributed by atoms with van der Waals surface area (Å²) >= 11 is 0. The van der Waals surface area contributed by atoms with Crippen molar-refractivity contribution in [1.82, 2.24) is 10.6 Å². The van der Waals surface area contributed by atoms with Crippen LogP contribution in [0.5, 0.6) is 5.75 Å². The molecule has 5 nitrogen and oxygen atoms in total. The highest BCUT2D eigenvalue weighted by atomic mass is 16.5. The number of aryl methyl sites for hydroxylation is 1. The van der Waals surface area contributed by atoms with Crippen molar-refractivity contribution in [1.29, 1.82) is 0 Å². The van der Waals surface area contributed by atoms with Gasteiger partial charge in [-0.15, -0.1) is 0 Å². The van der Waals surface area contributed by atoms with E-state index in [0.717, 1.165) is 37.0 Å². The van der Waals surface area contributed by atoms with Gasteiger partial charge in [0.05, 0.1) is 26.4 Å². The van der Waals surface area contributed by atoms with Crippen LogP contribution in [-0.2, 0) is 4.74 Å². The molecule has 2 rings (SSSR count). The summed E-state index contributed by atoms with van der Waals surface area (Å²) in [6.45, 7) is 8.86. The average Bonchev–Trinajstić information content (AvgIpc) is 2.49. The smallest absolute Gasteiger partial charge is 0.191 e. The number of ether oxygens (including phenoxy) is 2. The summed E-state index contributed by atoms with van der Waals surface area (Å²) in [5, 5.41) is 6.81.